The van der Waals surface area contributed by atoms with Crippen molar-refractivity contribution in [3.63, 3.8) is 0 Å². The van der Waals surface area contributed by atoms with E-state index in [1.165, 1.54) is 6.07 Å². The molecule has 0 fully saturated rings. The summed E-state index contributed by atoms with van der Waals surface area (Å²) in [6.45, 7) is 3.81. The van der Waals surface area contributed by atoms with Crippen LogP contribution in [0.3, 0.4) is 0 Å². The average molecular weight is 246 g/mol. The fourth-order valence-corrected chi connectivity index (χ4v) is 1.84. The number of pyridine rings is 1. The number of aromatic amines is 1. The number of H-pyrrole nitrogens is 1. The SMILES string of the molecule is CCOC(=O)c1cc(=O)c2c(N)ccc(C)c2[nH]1. The van der Waals surface area contributed by atoms with E-state index in [0.717, 1.165) is 5.56 Å². The zero-order valence-electron chi connectivity index (χ0n) is 10.2. The first-order chi connectivity index (χ1) is 8.54. The molecule has 0 bridgehead atoms. The Kier molecular flexibility index (Phi) is 3.06. The molecule has 2 aromatic rings. The molecule has 5 heteroatoms. The number of esters is 1. The molecular weight excluding hydrogens is 232 g/mol. The average Bonchev–Trinajstić information content (AvgIpc) is 2.33. The van der Waals surface area contributed by atoms with Gasteiger partial charge >= 0.3 is 5.97 Å². The number of anilines is 1. The standard InChI is InChI=1S/C13H14N2O3/c1-3-18-13(17)9-6-10(16)11-8(14)5-4-7(2)12(11)15-9/h4-6H,3,14H2,1-2H3,(H,15,16). The fourth-order valence-electron chi connectivity index (χ4n) is 1.84. The van der Waals surface area contributed by atoms with Gasteiger partial charge in [-0.25, -0.2) is 4.79 Å². The van der Waals surface area contributed by atoms with Gasteiger partial charge < -0.3 is 15.5 Å². The minimum atomic E-state index is -0.543. The Morgan fingerprint density at radius 1 is 1.44 bits per heavy atom. The Morgan fingerprint density at radius 2 is 2.17 bits per heavy atom. The second kappa shape index (κ2) is 4.52. The predicted octanol–water partition coefficient (Wildman–Crippen LogP) is 1.60. The summed E-state index contributed by atoms with van der Waals surface area (Å²) in [5, 5.41) is 0.406. The molecule has 1 heterocycles. The molecule has 2 rings (SSSR count). The van der Waals surface area contributed by atoms with Gasteiger partial charge in [-0.2, -0.15) is 0 Å². The lowest BCUT2D eigenvalue weighted by Crippen LogP contribution is -2.14. The largest absolute Gasteiger partial charge is 0.461 e. The van der Waals surface area contributed by atoms with Gasteiger partial charge in [-0.1, -0.05) is 6.07 Å². The molecule has 94 valence electrons. The summed E-state index contributed by atoms with van der Waals surface area (Å²) in [7, 11) is 0. The smallest absolute Gasteiger partial charge is 0.354 e. The molecule has 0 spiro atoms. The van der Waals surface area contributed by atoms with E-state index in [2.05, 4.69) is 4.98 Å². The molecule has 5 nitrogen and oxygen atoms in total. The number of carbonyl (C=O) groups is 1. The maximum atomic E-state index is 12.0. The van der Waals surface area contributed by atoms with Gasteiger partial charge in [0, 0.05) is 11.8 Å². The first-order valence-electron chi connectivity index (χ1n) is 5.63. The van der Waals surface area contributed by atoms with Gasteiger partial charge in [0.1, 0.15) is 5.69 Å². The van der Waals surface area contributed by atoms with E-state index in [1.807, 2.05) is 6.92 Å². The van der Waals surface area contributed by atoms with Gasteiger partial charge in [0.15, 0.2) is 5.43 Å². The van der Waals surface area contributed by atoms with Crippen LogP contribution >= 0.6 is 0 Å². The molecule has 0 aliphatic rings. The van der Waals surface area contributed by atoms with Crippen LogP contribution in [0.4, 0.5) is 5.69 Å². The molecule has 18 heavy (non-hydrogen) atoms. The predicted molar refractivity (Wildman–Crippen MR) is 69.7 cm³/mol. The van der Waals surface area contributed by atoms with Crippen molar-refractivity contribution in [3.05, 3.63) is 39.7 Å². The Balaban J connectivity index is 2.73. The number of hydrogen-bond donors (Lipinski definition) is 2. The third-order valence-electron chi connectivity index (χ3n) is 2.72. The number of hydrogen-bond acceptors (Lipinski definition) is 4. The van der Waals surface area contributed by atoms with Crippen LogP contribution in [0.25, 0.3) is 10.9 Å². The van der Waals surface area contributed by atoms with Crippen LogP contribution in [0.5, 0.6) is 0 Å². The highest BCUT2D eigenvalue weighted by Crippen LogP contribution is 2.19. The minimum Gasteiger partial charge on any atom is -0.461 e. The van der Waals surface area contributed by atoms with E-state index in [0.29, 0.717) is 16.6 Å². The molecule has 0 unspecified atom stereocenters. The van der Waals surface area contributed by atoms with E-state index in [-0.39, 0.29) is 17.7 Å². The Labute approximate surface area is 104 Å². The molecular formula is C13H14N2O3. The second-order valence-corrected chi connectivity index (χ2v) is 3.99. The summed E-state index contributed by atoms with van der Waals surface area (Å²) in [5.74, 6) is -0.543. The van der Waals surface area contributed by atoms with E-state index in [9.17, 15) is 9.59 Å². The van der Waals surface area contributed by atoms with Crippen LogP contribution in [-0.2, 0) is 4.74 Å². The van der Waals surface area contributed by atoms with Crippen LogP contribution in [0.1, 0.15) is 23.0 Å². The first-order valence-corrected chi connectivity index (χ1v) is 5.63. The third-order valence-corrected chi connectivity index (χ3v) is 2.72. The zero-order chi connectivity index (χ0) is 13.3. The number of benzene rings is 1. The molecule has 0 atom stereocenters. The van der Waals surface area contributed by atoms with Crippen LogP contribution in [0.15, 0.2) is 23.0 Å². The number of aryl methyl sites for hydroxylation is 1. The van der Waals surface area contributed by atoms with Crippen LogP contribution in [0, 0.1) is 6.92 Å². The first kappa shape index (κ1) is 12.2. The molecule has 0 aliphatic carbocycles. The van der Waals surface area contributed by atoms with Gasteiger partial charge in [-0.3, -0.25) is 4.79 Å². The van der Waals surface area contributed by atoms with Crippen molar-refractivity contribution in [3.8, 4) is 0 Å². The quantitative estimate of drug-likeness (QED) is 0.622. The topological polar surface area (TPSA) is 85.2 Å². The molecule has 1 aromatic carbocycles. The normalized spacial score (nSPS) is 10.6. The summed E-state index contributed by atoms with van der Waals surface area (Å²) >= 11 is 0. The number of nitrogens with two attached hydrogens (primary N) is 1. The highest BCUT2D eigenvalue weighted by Gasteiger charge is 2.13. The van der Waals surface area contributed by atoms with Crippen molar-refractivity contribution in [2.45, 2.75) is 13.8 Å². The summed E-state index contributed by atoms with van der Waals surface area (Å²) in [5.41, 5.74) is 7.45. The number of aromatic nitrogens is 1. The zero-order valence-corrected chi connectivity index (χ0v) is 10.2. The van der Waals surface area contributed by atoms with Crippen LogP contribution in [0.2, 0.25) is 0 Å². The lowest BCUT2D eigenvalue weighted by Gasteiger charge is -2.07. The minimum absolute atomic E-state index is 0.142. The number of ether oxygens (including phenoxy) is 1. The Morgan fingerprint density at radius 3 is 2.83 bits per heavy atom. The van der Waals surface area contributed by atoms with Crippen molar-refractivity contribution in [1.82, 2.24) is 4.98 Å². The summed E-state index contributed by atoms with van der Waals surface area (Å²) in [4.78, 5) is 26.5. The molecule has 0 amide bonds. The summed E-state index contributed by atoms with van der Waals surface area (Å²) in [6, 6.07) is 4.69. The summed E-state index contributed by atoms with van der Waals surface area (Å²) < 4.78 is 4.86. The lowest BCUT2D eigenvalue weighted by molar-refractivity contribution is 0.0520. The number of fused-ring (bicyclic) bond motifs is 1. The van der Waals surface area contributed by atoms with Crippen molar-refractivity contribution in [1.29, 1.82) is 0 Å². The molecule has 1 aromatic heterocycles. The van der Waals surface area contributed by atoms with Crippen molar-refractivity contribution >= 4 is 22.6 Å². The lowest BCUT2D eigenvalue weighted by atomic mass is 10.1. The van der Waals surface area contributed by atoms with Gasteiger partial charge in [0.25, 0.3) is 0 Å². The van der Waals surface area contributed by atoms with E-state index in [1.54, 1.807) is 19.1 Å². The number of carbonyl (C=O) groups excluding carboxylic acids is 1. The van der Waals surface area contributed by atoms with Crippen LogP contribution in [-0.4, -0.2) is 17.6 Å². The van der Waals surface area contributed by atoms with Crippen molar-refractivity contribution in [2.75, 3.05) is 12.3 Å². The molecule has 3 N–H and O–H groups in total. The van der Waals surface area contributed by atoms with E-state index < -0.39 is 5.97 Å². The number of nitrogen functional groups attached to an aromatic ring is 1. The number of rotatable bonds is 2. The number of nitrogens with one attached hydrogen (secondary N) is 1. The van der Waals surface area contributed by atoms with Gasteiger partial charge in [0.05, 0.1) is 17.5 Å². The molecule has 0 saturated heterocycles. The highest BCUT2D eigenvalue weighted by atomic mass is 16.5. The summed E-state index contributed by atoms with van der Waals surface area (Å²) in [6.07, 6.45) is 0. The molecule has 0 saturated carbocycles. The maximum absolute atomic E-state index is 12.0. The van der Waals surface area contributed by atoms with Crippen LogP contribution < -0.4 is 11.2 Å². The van der Waals surface area contributed by atoms with Crippen molar-refractivity contribution in [2.24, 2.45) is 0 Å². The van der Waals surface area contributed by atoms with Gasteiger partial charge in [-0.05, 0) is 25.5 Å². The Hall–Kier alpha value is -2.30. The second-order valence-electron chi connectivity index (χ2n) is 3.99. The van der Waals surface area contributed by atoms with E-state index >= 15 is 0 Å². The Bertz CT molecular complexity index is 674. The molecule has 0 radical (unpaired) electrons. The van der Waals surface area contributed by atoms with Crippen molar-refractivity contribution < 1.29 is 9.53 Å². The van der Waals surface area contributed by atoms with Gasteiger partial charge in [-0.15, -0.1) is 0 Å². The van der Waals surface area contributed by atoms with E-state index in [4.69, 9.17) is 10.5 Å². The van der Waals surface area contributed by atoms with Gasteiger partial charge in [0.2, 0.25) is 0 Å². The maximum Gasteiger partial charge on any atom is 0.354 e. The fraction of sp³-hybridized carbons (Fsp3) is 0.231. The molecule has 0 aliphatic heterocycles. The highest BCUT2D eigenvalue weighted by molar-refractivity contribution is 5.96. The third kappa shape index (κ3) is 1.95. The monoisotopic (exact) mass is 246 g/mol.